The van der Waals surface area contributed by atoms with Crippen molar-refractivity contribution in [2.45, 2.75) is 18.8 Å². The lowest BCUT2D eigenvalue weighted by molar-refractivity contribution is 0.0806. The second-order valence-corrected chi connectivity index (χ2v) is 8.09. The number of rotatable bonds is 3. The fraction of sp³-hybridized carbons (Fsp3) is 0.250. The second-order valence-electron chi connectivity index (χ2n) is 8.09. The van der Waals surface area contributed by atoms with Crippen molar-refractivity contribution in [2.24, 2.45) is 5.92 Å². The van der Waals surface area contributed by atoms with Gasteiger partial charge in [-0.15, -0.1) is 0 Å². The molecular weight excluding hydrogens is 364 g/mol. The maximum atomic E-state index is 13.4. The highest BCUT2D eigenvalue weighted by Gasteiger charge is 2.67. The molecule has 1 saturated carbocycles. The molecule has 5 heteroatoms. The van der Waals surface area contributed by atoms with Gasteiger partial charge in [0, 0.05) is 40.2 Å². The SMILES string of the molecule is CCOc1ccc2[nH]c(C(=O)N3C[C@H]4CC45C3=CC(=O)c3ccccc35)cc2c1. The van der Waals surface area contributed by atoms with Crippen LogP contribution in [0.4, 0.5) is 0 Å². The van der Waals surface area contributed by atoms with Crippen LogP contribution in [0.1, 0.15) is 39.8 Å². The Morgan fingerprint density at radius 1 is 1.24 bits per heavy atom. The zero-order valence-corrected chi connectivity index (χ0v) is 16.1. The van der Waals surface area contributed by atoms with Crippen LogP contribution in [0.15, 0.2) is 60.3 Å². The molecule has 2 aromatic carbocycles. The first-order chi connectivity index (χ1) is 14.1. The van der Waals surface area contributed by atoms with Crippen LogP contribution in [0, 0.1) is 5.92 Å². The Hall–Kier alpha value is -3.34. The van der Waals surface area contributed by atoms with Gasteiger partial charge in [0.05, 0.1) is 6.61 Å². The van der Waals surface area contributed by atoms with Gasteiger partial charge in [0.25, 0.3) is 5.91 Å². The Balaban J connectivity index is 1.38. The Morgan fingerprint density at radius 3 is 2.97 bits per heavy atom. The van der Waals surface area contributed by atoms with Crippen molar-refractivity contribution in [3.05, 3.63) is 77.1 Å². The van der Waals surface area contributed by atoms with E-state index in [1.54, 1.807) is 11.0 Å². The Kier molecular flexibility index (Phi) is 3.20. The average Bonchev–Trinajstić information content (AvgIpc) is 3.12. The molecule has 3 aromatic rings. The van der Waals surface area contributed by atoms with Gasteiger partial charge in [0.15, 0.2) is 5.78 Å². The van der Waals surface area contributed by atoms with E-state index in [2.05, 4.69) is 4.98 Å². The molecule has 6 rings (SSSR count). The highest BCUT2D eigenvalue weighted by atomic mass is 16.5. The van der Waals surface area contributed by atoms with Crippen LogP contribution >= 0.6 is 0 Å². The number of likely N-dealkylation sites (tertiary alicyclic amines) is 1. The molecule has 0 radical (unpaired) electrons. The van der Waals surface area contributed by atoms with Crippen LogP contribution in [0.2, 0.25) is 0 Å². The summed E-state index contributed by atoms with van der Waals surface area (Å²) < 4.78 is 5.56. The molecule has 29 heavy (non-hydrogen) atoms. The molecule has 3 aliphatic rings. The van der Waals surface area contributed by atoms with E-state index in [4.69, 9.17) is 4.74 Å². The van der Waals surface area contributed by atoms with Crippen molar-refractivity contribution < 1.29 is 14.3 Å². The van der Waals surface area contributed by atoms with E-state index in [9.17, 15) is 9.59 Å². The largest absolute Gasteiger partial charge is 0.494 e. The van der Waals surface area contributed by atoms with E-state index in [1.807, 2.05) is 55.5 Å². The molecule has 1 unspecified atom stereocenters. The summed E-state index contributed by atoms with van der Waals surface area (Å²) in [5, 5.41) is 0.942. The number of ether oxygens (including phenoxy) is 1. The molecule has 5 nitrogen and oxygen atoms in total. The molecule has 1 saturated heterocycles. The van der Waals surface area contributed by atoms with E-state index in [-0.39, 0.29) is 17.1 Å². The number of amides is 1. The number of fused-ring (bicyclic) bond motifs is 2. The lowest BCUT2D eigenvalue weighted by Gasteiger charge is -2.29. The number of ketones is 1. The standard InChI is InChI=1S/C24H20N2O3/c1-2-29-16-7-8-19-14(9-16)10-20(25-19)23(28)26-13-15-12-24(15)18-6-4-3-5-17(18)21(27)11-22(24)26/h3-11,15,25H,2,12-13H2,1H3/t15-,24?/m1/s1. The summed E-state index contributed by atoms with van der Waals surface area (Å²) in [6.07, 6.45) is 2.69. The minimum absolute atomic E-state index is 0.00965. The molecule has 2 aliphatic carbocycles. The van der Waals surface area contributed by atoms with Gasteiger partial charge in [-0.1, -0.05) is 24.3 Å². The van der Waals surface area contributed by atoms with Crippen molar-refractivity contribution in [3.63, 3.8) is 0 Å². The number of hydrogen-bond donors (Lipinski definition) is 1. The van der Waals surface area contributed by atoms with Gasteiger partial charge in [-0.25, -0.2) is 0 Å². The van der Waals surface area contributed by atoms with Crippen LogP contribution in [0.3, 0.4) is 0 Å². The smallest absolute Gasteiger partial charge is 0.274 e. The van der Waals surface area contributed by atoms with Gasteiger partial charge in [-0.3, -0.25) is 9.59 Å². The molecule has 1 N–H and O–H groups in total. The van der Waals surface area contributed by atoms with Gasteiger partial charge in [0.2, 0.25) is 0 Å². The van der Waals surface area contributed by atoms with Crippen molar-refractivity contribution >= 4 is 22.6 Å². The van der Waals surface area contributed by atoms with Gasteiger partial charge in [-0.05, 0) is 49.1 Å². The fourth-order valence-corrected chi connectivity index (χ4v) is 5.21. The van der Waals surface area contributed by atoms with Crippen LogP contribution in [-0.4, -0.2) is 34.7 Å². The molecule has 1 aliphatic heterocycles. The third kappa shape index (κ3) is 2.15. The quantitative estimate of drug-likeness (QED) is 0.741. The zero-order valence-electron chi connectivity index (χ0n) is 16.1. The zero-order chi connectivity index (χ0) is 19.8. The number of nitrogens with zero attached hydrogens (tertiary/aromatic N) is 1. The van der Waals surface area contributed by atoms with Crippen LogP contribution < -0.4 is 4.74 Å². The molecular formula is C24H20N2O3. The summed E-state index contributed by atoms with van der Waals surface area (Å²) >= 11 is 0. The first-order valence-corrected chi connectivity index (χ1v) is 10.1. The van der Waals surface area contributed by atoms with Crippen LogP contribution in [0.5, 0.6) is 5.75 Å². The highest BCUT2D eigenvalue weighted by molar-refractivity contribution is 6.10. The van der Waals surface area contributed by atoms with Gasteiger partial charge < -0.3 is 14.6 Å². The number of benzene rings is 2. The number of hydrogen-bond acceptors (Lipinski definition) is 3. The van der Waals surface area contributed by atoms with Gasteiger partial charge in [-0.2, -0.15) is 0 Å². The Labute approximate surface area is 168 Å². The van der Waals surface area contributed by atoms with E-state index in [0.29, 0.717) is 24.8 Å². The molecule has 1 spiro atoms. The third-order valence-electron chi connectivity index (χ3n) is 6.58. The van der Waals surface area contributed by atoms with E-state index in [1.165, 1.54) is 0 Å². The lowest BCUT2D eigenvalue weighted by Crippen LogP contribution is -2.33. The summed E-state index contributed by atoms with van der Waals surface area (Å²) in [5.41, 5.74) is 4.01. The minimum atomic E-state index is -0.158. The maximum Gasteiger partial charge on any atom is 0.274 e. The summed E-state index contributed by atoms with van der Waals surface area (Å²) in [7, 11) is 0. The average molecular weight is 384 g/mol. The second kappa shape index (κ2) is 5.60. The van der Waals surface area contributed by atoms with Gasteiger partial charge >= 0.3 is 0 Å². The predicted octanol–water partition coefficient (Wildman–Crippen LogP) is 4.06. The van der Waals surface area contributed by atoms with E-state index in [0.717, 1.165) is 39.9 Å². The Bertz CT molecular complexity index is 1240. The molecule has 2 atom stereocenters. The number of piperidine rings is 1. The van der Waals surface area contributed by atoms with Crippen LogP contribution in [-0.2, 0) is 5.41 Å². The fourth-order valence-electron chi connectivity index (χ4n) is 5.21. The van der Waals surface area contributed by atoms with E-state index >= 15 is 0 Å². The predicted molar refractivity (Wildman–Crippen MR) is 109 cm³/mol. The van der Waals surface area contributed by atoms with Gasteiger partial charge in [0.1, 0.15) is 11.4 Å². The van der Waals surface area contributed by atoms with Crippen molar-refractivity contribution in [1.29, 1.82) is 0 Å². The molecule has 2 fully saturated rings. The molecule has 0 bridgehead atoms. The molecule has 1 amide bonds. The van der Waals surface area contributed by atoms with Crippen molar-refractivity contribution in [2.75, 3.05) is 13.2 Å². The van der Waals surface area contributed by atoms with E-state index < -0.39 is 0 Å². The molecule has 144 valence electrons. The number of allylic oxidation sites excluding steroid dienone is 2. The number of nitrogens with one attached hydrogen (secondary N) is 1. The normalized spacial score (nSPS) is 24.0. The molecule has 2 heterocycles. The number of H-pyrrole nitrogens is 1. The lowest BCUT2D eigenvalue weighted by atomic mass is 9.81. The number of carbonyl (C=O) groups is 2. The van der Waals surface area contributed by atoms with Crippen molar-refractivity contribution in [3.8, 4) is 5.75 Å². The first-order valence-electron chi connectivity index (χ1n) is 10.1. The summed E-state index contributed by atoms with van der Waals surface area (Å²) in [6, 6.07) is 15.5. The summed E-state index contributed by atoms with van der Waals surface area (Å²) in [4.78, 5) is 31.1. The molecule has 1 aromatic heterocycles. The summed E-state index contributed by atoms with van der Waals surface area (Å²) in [6.45, 7) is 3.20. The number of aromatic amines is 1. The number of carbonyl (C=O) groups excluding carboxylic acids is 2. The van der Waals surface area contributed by atoms with Crippen LogP contribution in [0.25, 0.3) is 10.9 Å². The van der Waals surface area contributed by atoms with Crippen molar-refractivity contribution in [1.82, 2.24) is 9.88 Å². The monoisotopic (exact) mass is 384 g/mol. The Morgan fingerprint density at radius 2 is 2.10 bits per heavy atom. The highest BCUT2D eigenvalue weighted by Crippen LogP contribution is 2.66. The minimum Gasteiger partial charge on any atom is -0.494 e. The maximum absolute atomic E-state index is 13.4. The number of aromatic nitrogens is 1. The third-order valence-corrected chi connectivity index (χ3v) is 6.58. The topological polar surface area (TPSA) is 62.4 Å². The summed E-state index contributed by atoms with van der Waals surface area (Å²) in [5.74, 6) is 1.09. The first kappa shape index (κ1) is 16.6.